The number of benzene rings is 1. The maximum absolute atomic E-state index is 10.8. The molecule has 0 bridgehead atoms. The van der Waals surface area contributed by atoms with Crippen LogP contribution in [0.4, 0.5) is 5.69 Å². The second-order valence-electron chi connectivity index (χ2n) is 7.36. The van der Waals surface area contributed by atoms with Gasteiger partial charge in [-0.15, -0.1) is 0 Å². The van der Waals surface area contributed by atoms with E-state index < -0.39 is 72.9 Å². The number of aliphatic hydroxyl groups excluding tert-OH is 6. The van der Waals surface area contributed by atoms with E-state index in [0.29, 0.717) is 0 Å². The van der Waals surface area contributed by atoms with E-state index in [1.807, 2.05) is 0 Å². The fourth-order valence-electron chi connectivity index (χ4n) is 3.36. The highest BCUT2D eigenvalue weighted by molar-refractivity contribution is 5.36. The molecule has 1 aromatic carbocycles. The molecule has 0 aromatic heterocycles. The third-order valence-electron chi connectivity index (χ3n) is 5.22. The van der Waals surface area contributed by atoms with Crippen LogP contribution in [0.1, 0.15) is 6.92 Å². The molecule has 13 heteroatoms. The molecule has 2 aliphatic heterocycles. The Morgan fingerprint density at radius 2 is 1.58 bits per heavy atom. The summed E-state index contributed by atoms with van der Waals surface area (Å²) < 4.78 is 22.0. The summed E-state index contributed by atoms with van der Waals surface area (Å²) >= 11 is 0. The molecule has 6 N–H and O–H groups in total. The molecule has 0 spiro atoms. The van der Waals surface area contributed by atoms with Crippen molar-refractivity contribution in [3.05, 3.63) is 34.4 Å². The summed E-state index contributed by atoms with van der Waals surface area (Å²) in [6, 6.07) is 4.91. The third-order valence-corrected chi connectivity index (χ3v) is 5.22. The average molecular weight is 447 g/mol. The first kappa shape index (κ1) is 23.7. The Morgan fingerprint density at radius 1 is 0.935 bits per heavy atom. The lowest BCUT2D eigenvalue weighted by Gasteiger charge is -2.45. The summed E-state index contributed by atoms with van der Waals surface area (Å²) in [5, 5.41) is 70.9. The van der Waals surface area contributed by atoms with Crippen molar-refractivity contribution in [2.45, 2.75) is 68.3 Å². The topological polar surface area (TPSA) is 201 Å². The van der Waals surface area contributed by atoms with E-state index in [1.54, 1.807) is 0 Å². The van der Waals surface area contributed by atoms with Crippen LogP contribution in [-0.4, -0.2) is 104 Å². The van der Waals surface area contributed by atoms with Gasteiger partial charge in [0.15, 0.2) is 12.4 Å². The number of ether oxygens (including phenoxy) is 4. The van der Waals surface area contributed by atoms with E-state index in [1.165, 1.54) is 31.2 Å². The van der Waals surface area contributed by atoms with Gasteiger partial charge in [0.1, 0.15) is 42.4 Å². The van der Waals surface area contributed by atoms with E-state index in [9.17, 15) is 40.8 Å². The van der Waals surface area contributed by atoms with Crippen LogP contribution >= 0.6 is 0 Å². The standard InChI is InChI=1S/C18H25NO12/c1-7-11(21)13(23)15(25)17(28-7)31-16-14(24)12(22)10(6-20)30-18(16)29-9-4-2-8(3-5-9)19(26)27/h2-5,7,10-18,20-25H,6H2,1H3/t7-,10+,11+,12-,13+,14-,15-,16+,17-,18?/m0/s1. The number of nitro benzene ring substituents is 1. The Morgan fingerprint density at radius 3 is 2.16 bits per heavy atom. The molecule has 2 aliphatic rings. The lowest BCUT2D eigenvalue weighted by atomic mass is 9.97. The molecule has 10 atom stereocenters. The highest BCUT2D eigenvalue weighted by Gasteiger charge is 2.50. The first-order valence-electron chi connectivity index (χ1n) is 9.52. The predicted molar refractivity (Wildman–Crippen MR) is 98.7 cm³/mol. The summed E-state index contributed by atoms with van der Waals surface area (Å²) in [7, 11) is 0. The summed E-state index contributed by atoms with van der Waals surface area (Å²) in [4.78, 5) is 10.2. The van der Waals surface area contributed by atoms with E-state index in [0.717, 1.165) is 0 Å². The van der Waals surface area contributed by atoms with E-state index in [4.69, 9.17) is 18.9 Å². The lowest BCUT2D eigenvalue weighted by Crippen LogP contribution is -2.64. The minimum Gasteiger partial charge on any atom is -0.462 e. The summed E-state index contributed by atoms with van der Waals surface area (Å²) in [5.74, 6) is 0.0958. The number of non-ortho nitro benzene ring substituents is 1. The van der Waals surface area contributed by atoms with Crippen LogP contribution in [0.3, 0.4) is 0 Å². The molecule has 0 aliphatic carbocycles. The molecule has 1 unspecified atom stereocenters. The summed E-state index contributed by atoms with van der Waals surface area (Å²) in [6.45, 7) is 0.779. The molecule has 174 valence electrons. The smallest absolute Gasteiger partial charge is 0.269 e. The van der Waals surface area contributed by atoms with Crippen molar-refractivity contribution in [1.82, 2.24) is 0 Å². The van der Waals surface area contributed by atoms with Gasteiger partial charge in [0.25, 0.3) is 5.69 Å². The molecule has 1 aromatic rings. The van der Waals surface area contributed by atoms with Crippen LogP contribution < -0.4 is 4.74 Å². The molecule has 31 heavy (non-hydrogen) atoms. The van der Waals surface area contributed by atoms with Crippen molar-refractivity contribution in [1.29, 1.82) is 0 Å². The summed E-state index contributed by atoms with van der Waals surface area (Å²) in [5.41, 5.74) is -0.186. The minimum absolute atomic E-state index is 0.0958. The number of hydrogen-bond acceptors (Lipinski definition) is 12. The molecule has 2 saturated heterocycles. The molecular weight excluding hydrogens is 422 g/mol. The van der Waals surface area contributed by atoms with Gasteiger partial charge >= 0.3 is 0 Å². The van der Waals surface area contributed by atoms with Crippen molar-refractivity contribution in [3.8, 4) is 5.75 Å². The number of hydrogen-bond donors (Lipinski definition) is 6. The van der Waals surface area contributed by atoms with E-state index >= 15 is 0 Å². The third kappa shape index (κ3) is 4.95. The quantitative estimate of drug-likeness (QED) is 0.200. The Labute approximate surface area is 176 Å². The Bertz CT molecular complexity index is 748. The van der Waals surface area contributed by atoms with Gasteiger partial charge in [-0.1, -0.05) is 0 Å². The van der Waals surface area contributed by atoms with Crippen LogP contribution in [0.25, 0.3) is 0 Å². The molecular formula is C18H25NO12. The van der Waals surface area contributed by atoms with Gasteiger partial charge in [-0.05, 0) is 19.1 Å². The van der Waals surface area contributed by atoms with Gasteiger partial charge in [-0.25, -0.2) is 0 Å². The van der Waals surface area contributed by atoms with Crippen LogP contribution in [0, 0.1) is 10.1 Å². The first-order valence-corrected chi connectivity index (χ1v) is 9.52. The molecule has 3 rings (SSSR count). The van der Waals surface area contributed by atoms with Gasteiger partial charge in [-0.2, -0.15) is 0 Å². The average Bonchev–Trinajstić information content (AvgIpc) is 2.75. The van der Waals surface area contributed by atoms with Crippen molar-refractivity contribution in [3.63, 3.8) is 0 Å². The second-order valence-corrected chi connectivity index (χ2v) is 7.36. The van der Waals surface area contributed by atoms with Crippen molar-refractivity contribution in [2.24, 2.45) is 0 Å². The molecule has 0 saturated carbocycles. The largest absolute Gasteiger partial charge is 0.462 e. The van der Waals surface area contributed by atoms with Gasteiger partial charge in [0, 0.05) is 12.1 Å². The maximum atomic E-state index is 10.8. The molecule has 0 amide bonds. The number of nitro groups is 1. The zero-order valence-electron chi connectivity index (χ0n) is 16.4. The number of aliphatic hydroxyl groups is 6. The van der Waals surface area contributed by atoms with Crippen molar-refractivity contribution >= 4 is 5.69 Å². The lowest BCUT2D eigenvalue weighted by molar-refractivity contribution is -0.384. The van der Waals surface area contributed by atoms with Crippen LogP contribution in [-0.2, 0) is 14.2 Å². The van der Waals surface area contributed by atoms with E-state index in [-0.39, 0.29) is 11.4 Å². The molecule has 2 fully saturated rings. The van der Waals surface area contributed by atoms with E-state index in [2.05, 4.69) is 0 Å². The van der Waals surface area contributed by atoms with Crippen molar-refractivity contribution < 1.29 is 54.5 Å². The minimum atomic E-state index is -1.69. The Balaban J connectivity index is 1.81. The summed E-state index contributed by atoms with van der Waals surface area (Å²) in [6.07, 6.45) is -14.5. The normalized spacial score (nSPS) is 41.0. The number of rotatable bonds is 6. The molecule has 0 radical (unpaired) electrons. The van der Waals surface area contributed by atoms with Gasteiger partial charge in [0.2, 0.25) is 6.29 Å². The van der Waals surface area contributed by atoms with Gasteiger partial charge in [-0.3, -0.25) is 10.1 Å². The fourth-order valence-corrected chi connectivity index (χ4v) is 3.36. The predicted octanol–water partition coefficient (Wildman–Crippen LogP) is -2.37. The zero-order valence-corrected chi connectivity index (χ0v) is 16.4. The Hall–Kier alpha value is -1.94. The molecule has 2 heterocycles. The monoisotopic (exact) mass is 447 g/mol. The SMILES string of the molecule is C[C@@H]1O[C@@H](O[C@H]2C(Oc3ccc([N+](=O)[O-])cc3)O[C@H](CO)[C@H](O)[C@@H]2O)[C@@H](O)[C@H](O)[C@@H]1O. The maximum Gasteiger partial charge on any atom is 0.269 e. The molecule has 13 nitrogen and oxygen atoms in total. The van der Waals surface area contributed by atoms with Crippen LogP contribution in [0.5, 0.6) is 5.75 Å². The van der Waals surface area contributed by atoms with Crippen LogP contribution in [0.15, 0.2) is 24.3 Å². The second kappa shape index (κ2) is 9.68. The highest BCUT2D eigenvalue weighted by atomic mass is 16.8. The number of nitrogens with zero attached hydrogens (tertiary/aromatic N) is 1. The van der Waals surface area contributed by atoms with Gasteiger partial charge in [0.05, 0.1) is 17.6 Å². The van der Waals surface area contributed by atoms with Crippen molar-refractivity contribution in [2.75, 3.05) is 6.61 Å². The zero-order chi connectivity index (χ0) is 22.9. The highest BCUT2D eigenvalue weighted by Crippen LogP contribution is 2.31. The fraction of sp³-hybridized carbons (Fsp3) is 0.667. The Kier molecular flexibility index (Phi) is 7.41. The van der Waals surface area contributed by atoms with Gasteiger partial charge < -0.3 is 49.6 Å². The first-order chi connectivity index (χ1) is 14.6. The van der Waals surface area contributed by atoms with Crippen LogP contribution in [0.2, 0.25) is 0 Å².